The van der Waals surface area contributed by atoms with Gasteiger partial charge in [0.2, 0.25) is 0 Å². The smallest absolute Gasteiger partial charge is 0.185 e. The SMILES string of the molecule is COc1cc2ccnc3c2c(c1OC)NC=C3c1ccccc1. The highest BCUT2D eigenvalue weighted by molar-refractivity contribution is 6.09. The molecule has 0 fully saturated rings. The van der Waals surface area contributed by atoms with Gasteiger partial charge in [-0.15, -0.1) is 0 Å². The molecule has 3 aromatic rings. The van der Waals surface area contributed by atoms with Gasteiger partial charge in [-0.1, -0.05) is 30.3 Å². The molecule has 0 atom stereocenters. The third kappa shape index (κ3) is 2.03. The van der Waals surface area contributed by atoms with E-state index in [9.17, 15) is 0 Å². The van der Waals surface area contributed by atoms with Gasteiger partial charge >= 0.3 is 0 Å². The first kappa shape index (κ1) is 13.6. The molecule has 0 unspecified atom stereocenters. The van der Waals surface area contributed by atoms with Gasteiger partial charge in [0.1, 0.15) is 0 Å². The normalized spacial score (nSPS) is 12.5. The summed E-state index contributed by atoms with van der Waals surface area (Å²) in [5.74, 6) is 1.40. The van der Waals surface area contributed by atoms with Crippen LogP contribution >= 0.6 is 0 Å². The van der Waals surface area contributed by atoms with E-state index in [4.69, 9.17) is 9.47 Å². The number of anilines is 1. The Morgan fingerprint density at radius 2 is 1.83 bits per heavy atom. The molecule has 0 radical (unpaired) electrons. The summed E-state index contributed by atoms with van der Waals surface area (Å²) in [5.41, 5.74) is 4.03. The zero-order chi connectivity index (χ0) is 15.8. The molecule has 4 heteroatoms. The van der Waals surface area contributed by atoms with Crippen LogP contribution in [0.25, 0.3) is 16.3 Å². The van der Waals surface area contributed by atoms with Crippen LogP contribution in [-0.4, -0.2) is 19.2 Å². The van der Waals surface area contributed by atoms with Crippen LogP contribution in [0.5, 0.6) is 11.5 Å². The fourth-order valence-electron chi connectivity index (χ4n) is 3.05. The molecule has 2 heterocycles. The first-order valence-corrected chi connectivity index (χ1v) is 7.39. The van der Waals surface area contributed by atoms with Gasteiger partial charge in [-0.2, -0.15) is 0 Å². The number of rotatable bonds is 3. The third-order valence-electron chi connectivity index (χ3n) is 4.10. The molecule has 0 aliphatic carbocycles. The maximum absolute atomic E-state index is 5.55. The second-order valence-corrected chi connectivity index (χ2v) is 5.31. The van der Waals surface area contributed by atoms with Crippen LogP contribution in [0.15, 0.2) is 54.9 Å². The molecule has 1 aliphatic heterocycles. The van der Waals surface area contributed by atoms with Gasteiger partial charge in [-0.25, -0.2) is 0 Å². The van der Waals surface area contributed by atoms with E-state index in [-0.39, 0.29) is 0 Å². The van der Waals surface area contributed by atoms with Crippen LogP contribution in [0, 0.1) is 0 Å². The van der Waals surface area contributed by atoms with E-state index < -0.39 is 0 Å². The number of aromatic nitrogens is 1. The van der Waals surface area contributed by atoms with Gasteiger partial charge in [-0.05, 0) is 23.1 Å². The Balaban J connectivity index is 2.02. The molecule has 1 N–H and O–H groups in total. The number of hydrogen-bond donors (Lipinski definition) is 1. The standard InChI is InChI=1S/C19H16N2O2/c1-22-15-10-13-8-9-20-17-14(12-6-4-3-5-7-12)11-21-18(16(13)17)19(15)23-2/h3-11,21H,1-2H3. The van der Waals surface area contributed by atoms with Crippen LogP contribution in [0.3, 0.4) is 0 Å². The van der Waals surface area contributed by atoms with Crippen molar-refractivity contribution in [3.8, 4) is 11.5 Å². The quantitative estimate of drug-likeness (QED) is 0.792. The zero-order valence-corrected chi connectivity index (χ0v) is 13.0. The number of ether oxygens (including phenoxy) is 2. The predicted molar refractivity (Wildman–Crippen MR) is 92.0 cm³/mol. The molecule has 23 heavy (non-hydrogen) atoms. The van der Waals surface area contributed by atoms with Crippen molar-refractivity contribution >= 4 is 22.0 Å². The van der Waals surface area contributed by atoms with Crippen molar-refractivity contribution in [2.75, 3.05) is 19.5 Å². The topological polar surface area (TPSA) is 43.4 Å². The number of nitrogens with one attached hydrogen (secondary N) is 1. The summed E-state index contributed by atoms with van der Waals surface area (Å²) in [5, 5.41) is 5.48. The highest BCUT2D eigenvalue weighted by atomic mass is 16.5. The van der Waals surface area contributed by atoms with Crippen molar-refractivity contribution in [2.24, 2.45) is 0 Å². The lowest BCUT2D eigenvalue weighted by Gasteiger charge is -2.22. The lowest BCUT2D eigenvalue weighted by Crippen LogP contribution is -2.07. The van der Waals surface area contributed by atoms with E-state index in [2.05, 4.69) is 22.4 Å². The molecule has 0 spiro atoms. The second-order valence-electron chi connectivity index (χ2n) is 5.31. The second kappa shape index (κ2) is 5.32. The van der Waals surface area contributed by atoms with Crippen LogP contribution in [-0.2, 0) is 0 Å². The number of pyridine rings is 1. The van der Waals surface area contributed by atoms with Crippen molar-refractivity contribution in [1.82, 2.24) is 4.98 Å². The van der Waals surface area contributed by atoms with Crippen molar-refractivity contribution in [3.05, 3.63) is 66.1 Å². The molecule has 4 nitrogen and oxygen atoms in total. The molecule has 2 aromatic carbocycles. The van der Waals surface area contributed by atoms with Gasteiger partial charge in [0.05, 0.1) is 25.6 Å². The fraction of sp³-hybridized carbons (Fsp3) is 0.105. The molecule has 0 saturated carbocycles. The Bertz CT molecular complexity index is 918. The maximum Gasteiger partial charge on any atom is 0.185 e. The first-order chi connectivity index (χ1) is 11.3. The number of benzene rings is 2. The highest BCUT2D eigenvalue weighted by Gasteiger charge is 2.23. The summed E-state index contributed by atoms with van der Waals surface area (Å²) in [7, 11) is 3.29. The monoisotopic (exact) mass is 304 g/mol. The molecular weight excluding hydrogens is 288 g/mol. The summed E-state index contributed by atoms with van der Waals surface area (Å²) in [4.78, 5) is 4.62. The van der Waals surface area contributed by atoms with E-state index in [0.29, 0.717) is 11.5 Å². The molecule has 0 amide bonds. The lowest BCUT2D eigenvalue weighted by molar-refractivity contribution is 0.357. The highest BCUT2D eigenvalue weighted by Crippen LogP contribution is 2.46. The number of nitrogens with zero attached hydrogens (tertiary/aromatic N) is 1. The van der Waals surface area contributed by atoms with Crippen LogP contribution in [0.1, 0.15) is 11.3 Å². The van der Waals surface area contributed by atoms with Crippen molar-refractivity contribution in [1.29, 1.82) is 0 Å². The maximum atomic E-state index is 5.55. The Hall–Kier alpha value is -3.01. The minimum Gasteiger partial charge on any atom is -0.493 e. The van der Waals surface area contributed by atoms with Crippen molar-refractivity contribution in [2.45, 2.75) is 0 Å². The average molecular weight is 304 g/mol. The van der Waals surface area contributed by atoms with Crippen LogP contribution in [0.4, 0.5) is 5.69 Å². The summed E-state index contributed by atoms with van der Waals surface area (Å²) in [6.45, 7) is 0. The van der Waals surface area contributed by atoms with Gasteiger partial charge in [0.25, 0.3) is 0 Å². The van der Waals surface area contributed by atoms with Crippen LogP contribution in [0.2, 0.25) is 0 Å². The predicted octanol–water partition coefficient (Wildman–Crippen LogP) is 4.07. The summed E-state index contributed by atoms with van der Waals surface area (Å²) in [6.07, 6.45) is 3.80. The van der Waals surface area contributed by atoms with Gasteiger partial charge in [0.15, 0.2) is 11.5 Å². The van der Waals surface area contributed by atoms with E-state index in [1.54, 1.807) is 14.2 Å². The Morgan fingerprint density at radius 1 is 1.00 bits per heavy atom. The van der Waals surface area contributed by atoms with Gasteiger partial charge in [-0.3, -0.25) is 4.98 Å². The number of hydrogen-bond acceptors (Lipinski definition) is 4. The Morgan fingerprint density at radius 3 is 2.57 bits per heavy atom. The third-order valence-corrected chi connectivity index (χ3v) is 4.10. The molecule has 1 aromatic heterocycles. The van der Waals surface area contributed by atoms with Crippen molar-refractivity contribution in [3.63, 3.8) is 0 Å². The summed E-state index contributed by atoms with van der Waals surface area (Å²) in [6, 6.07) is 14.2. The van der Waals surface area contributed by atoms with Gasteiger partial charge in [0, 0.05) is 23.4 Å². The molecule has 4 rings (SSSR count). The van der Waals surface area contributed by atoms with Crippen LogP contribution < -0.4 is 14.8 Å². The minimum absolute atomic E-state index is 0.692. The van der Waals surface area contributed by atoms with E-state index in [1.807, 2.05) is 42.7 Å². The largest absolute Gasteiger partial charge is 0.493 e. The lowest BCUT2D eigenvalue weighted by atomic mass is 9.95. The molecule has 0 saturated heterocycles. The molecule has 0 bridgehead atoms. The van der Waals surface area contributed by atoms with Gasteiger partial charge < -0.3 is 14.8 Å². The summed E-state index contributed by atoms with van der Waals surface area (Å²) < 4.78 is 11.0. The van der Waals surface area contributed by atoms with E-state index >= 15 is 0 Å². The first-order valence-electron chi connectivity index (χ1n) is 7.39. The Labute approximate surface area is 134 Å². The zero-order valence-electron chi connectivity index (χ0n) is 13.0. The molecule has 1 aliphatic rings. The van der Waals surface area contributed by atoms with Crippen molar-refractivity contribution < 1.29 is 9.47 Å². The molecule has 114 valence electrons. The Kier molecular flexibility index (Phi) is 3.15. The average Bonchev–Trinajstić information content (AvgIpc) is 2.62. The minimum atomic E-state index is 0.692. The number of methoxy groups -OCH3 is 2. The van der Waals surface area contributed by atoms with E-state index in [1.165, 1.54) is 0 Å². The van der Waals surface area contributed by atoms with E-state index in [0.717, 1.165) is 33.3 Å². The fourth-order valence-corrected chi connectivity index (χ4v) is 3.05. The molecular formula is C19H16N2O2. The summed E-state index contributed by atoms with van der Waals surface area (Å²) >= 11 is 0.